The Balaban J connectivity index is 1.32. The molecule has 0 aliphatic rings. The molecular weight excluding hydrogens is 782 g/mol. The van der Waals surface area contributed by atoms with Crippen molar-refractivity contribution in [1.29, 1.82) is 0 Å². The van der Waals surface area contributed by atoms with E-state index in [1.807, 2.05) is 72.8 Å². The molecule has 0 bridgehead atoms. The van der Waals surface area contributed by atoms with Crippen LogP contribution in [0.25, 0.3) is 0 Å². The van der Waals surface area contributed by atoms with Crippen LogP contribution in [0.4, 0.5) is 0 Å². The average molecular weight is 855 g/mol. The van der Waals surface area contributed by atoms with Gasteiger partial charge in [0.15, 0.2) is 0 Å². The van der Waals surface area contributed by atoms with Crippen LogP contribution in [0.15, 0.2) is 97.1 Å². The summed E-state index contributed by atoms with van der Waals surface area (Å²) in [7, 11) is -10.2. The maximum absolute atomic E-state index is 12.6. The second-order valence-corrected chi connectivity index (χ2v) is 22.1. The number of hydrogen-bond donors (Lipinski definition) is 4. The van der Waals surface area contributed by atoms with Gasteiger partial charge in [-0.3, -0.25) is 0 Å². The molecule has 4 aromatic rings. The Labute approximate surface area is 354 Å². The van der Waals surface area contributed by atoms with Crippen LogP contribution >= 0.6 is 14.6 Å². The summed E-state index contributed by atoms with van der Waals surface area (Å²) >= 11 is 0. The summed E-state index contributed by atoms with van der Waals surface area (Å²) in [6.07, 6.45) is 3.36. The first-order chi connectivity index (χ1) is 28.2. The second-order valence-electron chi connectivity index (χ2n) is 15.9. The molecule has 0 saturated heterocycles. The van der Waals surface area contributed by atoms with E-state index in [1.165, 1.54) is 0 Å². The molecule has 9 nitrogen and oxygen atoms in total. The zero-order chi connectivity index (χ0) is 43.2. The van der Waals surface area contributed by atoms with Gasteiger partial charge in [0.1, 0.15) is 0 Å². The third-order valence-corrected chi connectivity index (χ3v) is 18.4. The van der Waals surface area contributed by atoms with Gasteiger partial charge < -0.3 is 0 Å². The molecule has 4 atom stereocenters. The molecule has 4 unspecified atom stereocenters. The molecule has 0 saturated carbocycles. The molecule has 0 heterocycles. The summed E-state index contributed by atoms with van der Waals surface area (Å²) in [5.74, 6) is 0.394. The molecule has 4 N–H and O–H groups in total. The van der Waals surface area contributed by atoms with Gasteiger partial charge in [-0.2, -0.15) is 0 Å². The van der Waals surface area contributed by atoms with Crippen molar-refractivity contribution in [2.24, 2.45) is 0 Å². The van der Waals surface area contributed by atoms with Crippen molar-refractivity contribution >= 4 is 35.8 Å². The number of hydrogen-bond acceptors (Lipinski definition) is 9. The summed E-state index contributed by atoms with van der Waals surface area (Å²) in [6, 6.07) is 30.1. The summed E-state index contributed by atoms with van der Waals surface area (Å²) < 4.78 is 30.0. The number of rotatable bonds is 26. The molecule has 0 spiro atoms. The molecule has 4 rings (SSSR count). The van der Waals surface area contributed by atoms with Crippen molar-refractivity contribution in [1.82, 2.24) is 0 Å². The topological polar surface area (TPSA) is 127 Å². The summed E-state index contributed by atoms with van der Waals surface area (Å²) in [6.45, 7) is 18.1. The van der Waals surface area contributed by atoms with Crippen LogP contribution < -0.4 is 21.2 Å². The molecule has 0 amide bonds. The van der Waals surface area contributed by atoms with Gasteiger partial charge >= 0.3 is 356 Å². The molecule has 0 aliphatic carbocycles. The molecule has 0 aliphatic heterocycles. The van der Waals surface area contributed by atoms with Crippen LogP contribution in [-0.4, -0.2) is 72.4 Å². The molecular formula is C48H72O9P2. The predicted molar refractivity (Wildman–Crippen MR) is 246 cm³/mol. The summed E-state index contributed by atoms with van der Waals surface area (Å²) in [5.41, 5.74) is 3.47. The molecule has 4 aromatic carbocycles. The minimum absolute atomic E-state index is 0.0257. The Morgan fingerprint density at radius 3 is 0.780 bits per heavy atom. The van der Waals surface area contributed by atoms with E-state index in [9.17, 15) is 19.6 Å². The Morgan fingerprint density at radius 1 is 0.356 bits per heavy atom. The summed E-state index contributed by atoms with van der Waals surface area (Å²) in [4.78, 5) is 50.5. The fourth-order valence-electron chi connectivity index (χ4n) is 7.58. The van der Waals surface area contributed by atoms with Crippen LogP contribution in [-0.2, 0) is 23.3 Å². The van der Waals surface area contributed by atoms with E-state index in [0.29, 0.717) is 34.4 Å². The van der Waals surface area contributed by atoms with Crippen LogP contribution in [0.3, 0.4) is 0 Å². The van der Waals surface area contributed by atoms with E-state index in [-0.39, 0.29) is 63.3 Å². The van der Waals surface area contributed by atoms with Crippen molar-refractivity contribution in [2.45, 2.75) is 105 Å². The second kappa shape index (κ2) is 21.9. The van der Waals surface area contributed by atoms with Gasteiger partial charge in [-0.05, 0) is 0 Å². The van der Waals surface area contributed by atoms with Crippen LogP contribution in [0.1, 0.15) is 127 Å². The third-order valence-electron chi connectivity index (χ3n) is 11.9. The maximum atomic E-state index is 12.6. The van der Waals surface area contributed by atoms with Gasteiger partial charge in [-0.1, -0.05) is 0 Å². The SMILES string of the molecule is CCC(C)c1ccccc1P(O)(O)(OCCOCCOCCOCCOP(O)(O)(c1ccccc1C(C)CC)c1ccccc1C(C)CC)c1ccccc1C(C)CC. The van der Waals surface area contributed by atoms with E-state index < -0.39 is 14.6 Å². The fourth-order valence-corrected chi connectivity index (χ4v) is 14.0. The average Bonchev–Trinajstić information content (AvgIpc) is 3.27. The number of ether oxygens (including phenoxy) is 3. The van der Waals surface area contributed by atoms with Crippen molar-refractivity contribution in [3.63, 3.8) is 0 Å². The molecule has 328 valence electrons. The first-order valence-electron chi connectivity index (χ1n) is 21.6. The zero-order valence-electron chi connectivity index (χ0n) is 36.8. The standard InChI is InChI=1S/C48H72O9P2/c1-9-37(5)41-21-13-17-25-45(41)58(49,50,46-26-18-14-22-42(46)38(6)10-2)56-35-33-54-31-29-53-30-32-55-34-36-57-59(51,52,47-27-19-15-23-43(47)39(7)11-3)48-28-20-16-24-44(48)40(8)12-4/h13-28,37-40,49-52H,9-12,29-36H2,1-8H3. The van der Waals surface area contributed by atoms with Crippen LogP contribution in [0.2, 0.25) is 0 Å². The first-order valence-corrected chi connectivity index (χ1v) is 25.7. The van der Waals surface area contributed by atoms with E-state index in [1.54, 1.807) is 24.3 Å². The monoisotopic (exact) mass is 854 g/mol. The molecule has 0 radical (unpaired) electrons. The van der Waals surface area contributed by atoms with Gasteiger partial charge in [0.25, 0.3) is 0 Å². The first kappa shape index (κ1) is 49.0. The molecule has 59 heavy (non-hydrogen) atoms. The van der Waals surface area contributed by atoms with Crippen molar-refractivity contribution in [2.75, 3.05) is 52.9 Å². The zero-order valence-corrected chi connectivity index (χ0v) is 38.5. The van der Waals surface area contributed by atoms with Gasteiger partial charge in [0, 0.05) is 0 Å². The summed E-state index contributed by atoms with van der Waals surface area (Å²) in [5, 5.41) is 1.74. The van der Waals surface area contributed by atoms with E-state index in [0.717, 1.165) is 47.9 Å². The molecule has 11 heteroatoms. The van der Waals surface area contributed by atoms with Gasteiger partial charge in [-0.25, -0.2) is 0 Å². The van der Waals surface area contributed by atoms with Crippen LogP contribution in [0, 0.1) is 0 Å². The Kier molecular flexibility index (Phi) is 18.2. The fraction of sp³-hybridized carbons (Fsp3) is 0.500. The normalized spacial score (nSPS) is 15.7. The van der Waals surface area contributed by atoms with Gasteiger partial charge in [0.05, 0.1) is 0 Å². The Hall–Kier alpha value is -2.62. The van der Waals surface area contributed by atoms with Crippen molar-refractivity contribution in [3.8, 4) is 0 Å². The molecule has 0 fully saturated rings. The van der Waals surface area contributed by atoms with Gasteiger partial charge in [0.2, 0.25) is 0 Å². The third kappa shape index (κ3) is 11.5. The minimum atomic E-state index is -5.10. The number of benzene rings is 4. The van der Waals surface area contributed by atoms with E-state index in [4.69, 9.17) is 23.3 Å². The van der Waals surface area contributed by atoms with E-state index in [2.05, 4.69) is 55.4 Å². The Bertz CT molecular complexity index is 1650. The van der Waals surface area contributed by atoms with Gasteiger partial charge in [-0.15, -0.1) is 0 Å². The quantitative estimate of drug-likeness (QED) is 0.0362. The van der Waals surface area contributed by atoms with Crippen molar-refractivity contribution < 1.29 is 42.8 Å². The van der Waals surface area contributed by atoms with Crippen molar-refractivity contribution in [3.05, 3.63) is 119 Å². The predicted octanol–water partition coefficient (Wildman–Crippen LogP) is 8.99. The Morgan fingerprint density at radius 2 is 0.559 bits per heavy atom. The molecule has 0 aromatic heterocycles. The van der Waals surface area contributed by atoms with Crippen LogP contribution in [0.5, 0.6) is 0 Å². The van der Waals surface area contributed by atoms with E-state index >= 15 is 0 Å².